The summed E-state index contributed by atoms with van der Waals surface area (Å²) in [7, 11) is 1.91. The van der Waals surface area contributed by atoms with Crippen LogP contribution in [-0.2, 0) is 0 Å². The highest BCUT2D eigenvalue weighted by atomic mass is 127. The molecule has 3 heteroatoms. The van der Waals surface area contributed by atoms with Gasteiger partial charge in [0.05, 0.1) is 0 Å². The third-order valence-corrected chi connectivity index (χ3v) is 3.75. The highest BCUT2D eigenvalue weighted by Crippen LogP contribution is 2.24. The first-order chi connectivity index (χ1) is 7.18. The average molecular weight is 315 g/mol. The highest BCUT2D eigenvalue weighted by molar-refractivity contribution is 14.1. The topological polar surface area (TPSA) is 20.3 Å². The lowest BCUT2D eigenvalue weighted by Crippen LogP contribution is -2.41. The summed E-state index contributed by atoms with van der Waals surface area (Å²) in [5, 5.41) is 0. The van der Waals surface area contributed by atoms with Crippen LogP contribution in [0.25, 0.3) is 0 Å². The van der Waals surface area contributed by atoms with Crippen LogP contribution >= 0.6 is 22.6 Å². The molecule has 0 bridgehead atoms. The summed E-state index contributed by atoms with van der Waals surface area (Å²) in [6.45, 7) is 0. The van der Waals surface area contributed by atoms with Crippen LogP contribution in [0.4, 0.5) is 0 Å². The quantitative estimate of drug-likeness (QED) is 0.769. The Hall–Kier alpha value is -0.580. The Balaban J connectivity index is 2.09. The van der Waals surface area contributed by atoms with E-state index in [1.807, 2.05) is 36.2 Å². The van der Waals surface area contributed by atoms with Crippen molar-refractivity contribution >= 4 is 28.5 Å². The van der Waals surface area contributed by atoms with Gasteiger partial charge in [-0.2, -0.15) is 0 Å². The van der Waals surface area contributed by atoms with Crippen LogP contribution in [0.5, 0.6) is 0 Å². The summed E-state index contributed by atoms with van der Waals surface area (Å²) >= 11 is 2.24. The third kappa shape index (κ3) is 2.33. The Morgan fingerprint density at radius 1 is 1.33 bits per heavy atom. The molecule has 1 saturated carbocycles. The fourth-order valence-corrected chi connectivity index (χ4v) is 2.10. The summed E-state index contributed by atoms with van der Waals surface area (Å²) in [6, 6.07) is 8.22. The molecule has 1 aliphatic carbocycles. The van der Waals surface area contributed by atoms with Crippen LogP contribution in [0.15, 0.2) is 24.3 Å². The molecule has 1 fully saturated rings. The van der Waals surface area contributed by atoms with Gasteiger partial charge < -0.3 is 4.90 Å². The average Bonchev–Trinajstić information content (AvgIpc) is 2.15. The van der Waals surface area contributed by atoms with E-state index in [4.69, 9.17) is 0 Å². The molecule has 2 nitrogen and oxygen atoms in total. The zero-order valence-corrected chi connectivity index (χ0v) is 10.9. The zero-order chi connectivity index (χ0) is 10.8. The van der Waals surface area contributed by atoms with Gasteiger partial charge in [0.25, 0.3) is 5.91 Å². The van der Waals surface area contributed by atoms with Gasteiger partial charge in [-0.3, -0.25) is 4.79 Å². The van der Waals surface area contributed by atoms with Crippen LogP contribution in [0, 0.1) is 3.57 Å². The maximum Gasteiger partial charge on any atom is 0.253 e. The zero-order valence-electron chi connectivity index (χ0n) is 8.74. The van der Waals surface area contributed by atoms with Crippen molar-refractivity contribution in [3.05, 3.63) is 33.4 Å². The van der Waals surface area contributed by atoms with Crippen molar-refractivity contribution in [2.45, 2.75) is 25.3 Å². The molecule has 0 radical (unpaired) electrons. The van der Waals surface area contributed by atoms with Gasteiger partial charge in [0.15, 0.2) is 0 Å². The number of carbonyl (C=O) groups excluding carboxylic acids is 1. The van der Waals surface area contributed by atoms with Crippen LogP contribution < -0.4 is 0 Å². The molecule has 0 saturated heterocycles. The number of benzene rings is 1. The van der Waals surface area contributed by atoms with Crippen molar-refractivity contribution in [3.63, 3.8) is 0 Å². The second-order valence-electron chi connectivity index (χ2n) is 4.01. The van der Waals surface area contributed by atoms with Gasteiger partial charge in [0.2, 0.25) is 0 Å². The van der Waals surface area contributed by atoms with Crippen LogP contribution in [0.3, 0.4) is 0 Å². The van der Waals surface area contributed by atoms with E-state index in [1.54, 1.807) is 0 Å². The molecule has 2 rings (SSSR count). The number of rotatable bonds is 2. The lowest BCUT2D eigenvalue weighted by molar-refractivity contribution is 0.0652. The predicted molar refractivity (Wildman–Crippen MR) is 68.9 cm³/mol. The normalized spacial score (nSPS) is 15.9. The molecule has 1 aromatic carbocycles. The molecule has 0 spiro atoms. The number of nitrogens with zero attached hydrogens (tertiary/aromatic N) is 1. The molecule has 1 aromatic rings. The molecule has 0 N–H and O–H groups in total. The largest absolute Gasteiger partial charge is 0.339 e. The summed E-state index contributed by atoms with van der Waals surface area (Å²) in [5.74, 6) is 0.149. The Kier molecular flexibility index (Phi) is 3.29. The number of hydrogen-bond acceptors (Lipinski definition) is 1. The minimum absolute atomic E-state index is 0.149. The van der Waals surface area contributed by atoms with Crippen molar-refractivity contribution in [2.75, 3.05) is 7.05 Å². The monoisotopic (exact) mass is 315 g/mol. The van der Waals surface area contributed by atoms with Gasteiger partial charge in [0, 0.05) is 22.2 Å². The molecule has 15 heavy (non-hydrogen) atoms. The molecular formula is C12H14INO. The first-order valence-corrected chi connectivity index (χ1v) is 6.29. The van der Waals surface area contributed by atoms with E-state index in [9.17, 15) is 4.79 Å². The molecule has 0 atom stereocenters. The maximum absolute atomic E-state index is 12.0. The first-order valence-electron chi connectivity index (χ1n) is 5.21. The van der Waals surface area contributed by atoms with Crippen molar-refractivity contribution in [1.82, 2.24) is 4.90 Å². The standard InChI is InChI=1S/C12H14INO/c1-14(11-3-2-4-11)12(15)9-5-7-10(13)8-6-9/h5-8,11H,2-4H2,1H3. The Morgan fingerprint density at radius 3 is 2.40 bits per heavy atom. The van der Waals surface area contributed by atoms with Crippen LogP contribution in [0.2, 0.25) is 0 Å². The van der Waals surface area contributed by atoms with E-state index in [0.717, 1.165) is 22.0 Å². The molecule has 80 valence electrons. The van der Waals surface area contributed by atoms with E-state index < -0.39 is 0 Å². The Labute approximate surface area is 104 Å². The van der Waals surface area contributed by atoms with Gasteiger partial charge >= 0.3 is 0 Å². The first kappa shape index (κ1) is 10.9. The SMILES string of the molecule is CN(C(=O)c1ccc(I)cc1)C1CCC1. The summed E-state index contributed by atoms with van der Waals surface area (Å²) in [5.41, 5.74) is 0.796. The highest BCUT2D eigenvalue weighted by Gasteiger charge is 2.25. The third-order valence-electron chi connectivity index (χ3n) is 3.03. The van der Waals surface area contributed by atoms with E-state index in [1.165, 1.54) is 6.42 Å². The van der Waals surface area contributed by atoms with Gasteiger partial charge in [-0.15, -0.1) is 0 Å². The molecular weight excluding hydrogens is 301 g/mol. The summed E-state index contributed by atoms with van der Waals surface area (Å²) in [6.07, 6.45) is 3.58. The van der Waals surface area contributed by atoms with Crippen molar-refractivity contribution < 1.29 is 4.79 Å². The molecule has 0 heterocycles. The van der Waals surface area contributed by atoms with E-state index in [-0.39, 0.29) is 5.91 Å². The minimum Gasteiger partial charge on any atom is -0.339 e. The van der Waals surface area contributed by atoms with Crippen LogP contribution in [0.1, 0.15) is 29.6 Å². The minimum atomic E-state index is 0.149. The number of halogens is 1. The fraction of sp³-hybridized carbons (Fsp3) is 0.417. The van der Waals surface area contributed by atoms with Gasteiger partial charge in [0.1, 0.15) is 0 Å². The van der Waals surface area contributed by atoms with Crippen molar-refractivity contribution in [2.24, 2.45) is 0 Å². The molecule has 1 amide bonds. The smallest absolute Gasteiger partial charge is 0.253 e. The molecule has 0 aliphatic heterocycles. The lowest BCUT2D eigenvalue weighted by atomic mass is 9.91. The van der Waals surface area contributed by atoms with E-state index in [0.29, 0.717) is 6.04 Å². The molecule has 0 unspecified atom stereocenters. The predicted octanol–water partition coefficient (Wildman–Crippen LogP) is 2.92. The van der Waals surface area contributed by atoms with Crippen molar-refractivity contribution in [1.29, 1.82) is 0 Å². The number of hydrogen-bond donors (Lipinski definition) is 0. The van der Waals surface area contributed by atoms with Gasteiger partial charge in [-0.1, -0.05) is 0 Å². The van der Waals surface area contributed by atoms with E-state index in [2.05, 4.69) is 22.6 Å². The second kappa shape index (κ2) is 4.51. The van der Waals surface area contributed by atoms with Crippen molar-refractivity contribution in [3.8, 4) is 0 Å². The summed E-state index contributed by atoms with van der Waals surface area (Å²) in [4.78, 5) is 13.9. The summed E-state index contributed by atoms with van der Waals surface area (Å²) < 4.78 is 1.16. The maximum atomic E-state index is 12.0. The Morgan fingerprint density at radius 2 is 1.93 bits per heavy atom. The number of carbonyl (C=O) groups is 1. The van der Waals surface area contributed by atoms with Gasteiger partial charge in [-0.25, -0.2) is 0 Å². The molecule has 0 aromatic heterocycles. The van der Waals surface area contributed by atoms with Gasteiger partial charge in [-0.05, 0) is 66.1 Å². The Bertz CT molecular complexity index is 356. The molecule has 1 aliphatic rings. The lowest BCUT2D eigenvalue weighted by Gasteiger charge is -2.34. The number of amides is 1. The fourth-order valence-electron chi connectivity index (χ4n) is 1.74. The van der Waals surface area contributed by atoms with E-state index >= 15 is 0 Å². The van der Waals surface area contributed by atoms with Crippen LogP contribution in [-0.4, -0.2) is 23.9 Å². The second-order valence-corrected chi connectivity index (χ2v) is 5.25.